The number of carbonyl (C=O) groups excluding carboxylic acids is 1. The van der Waals surface area contributed by atoms with E-state index in [9.17, 15) is 20.2 Å². The third-order valence-corrected chi connectivity index (χ3v) is 4.99. The highest BCUT2D eigenvalue weighted by atomic mass is 35.5. The Hall–Kier alpha value is -4.35. The van der Waals surface area contributed by atoms with Crippen molar-refractivity contribution >= 4 is 35.0 Å². The third-order valence-electron chi connectivity index (χ3n) is 4.71. The average molecular weight is 478 g/mol. The molecular formula is C25H20ClN3O5. The minimum absolute atomic E-state index is 0.182. The number of benzene rings is 3. The molecule has 9 heteroatoms. The van der Waals surface area contributed by atoms with Crippen LogP contribution in [0.2, 0.25) is 5.02 Å². The van der Waals surface area contributed by atoms with Crippen molar-refractivity contribution in [1.82, 2.24) is 0 Å². The molecule has 0 radical (unpaired) electrons. The van der Waals surface area contributed by atoms with Crippen molar-refractivity contribution in [3.63, 3.8) is 0 Å². The average Bonchev–Trinajstić information content (AvgIpc) is 2.81. The van der Waals surface area contributed by atoms with Gasteiger partial charge in [-0.25, -0.2) is 0 Å². The number of nitrogens with one attached hydrogen (secondary N) is 1. The molecule has 172 valence electrons. The van der Waals surface area contributed by atoms with Crippen molar-refractivity contribution in [2.75, 3.05) is 12.4 Å². The molecule has 0 fully saturated rings. The van der Waals surface area contributed by atoms with E-state index < -0.39 is 10.8 Å². The van der Waals surface area contributed by atoms with Gasteiger partial charge in [-0.3, -0.25) is 14.9 Å². The molecule has 1 amide bonds. The van der Waals surface area contributed by atoms with E-state index in [0.29, 0.717) is 17.1 Å². The summed E-state index contributed by atoms with van der Waals surface area (Å²) in [4.78, 5) is 22.9. The lowest BCUT2D eigenvalue weighted by atomic mass is 10.1. The van der Waals surface area contributed by atoms with Crippen molar-refractivity contribution < 1.29 is 19.2 Å². The van der Waals surface area contributed by atoms with Crippen molar-refractivity contribution in [2.24, 2.45) is 0 Å². The molecule has 0 atom stereocenters. The van der Waals surface area contributed by atoms with Crippen LogP contribution >= 0.6 is 11.6 Å². The van der Waals surface area contributed by atoms with E-state index in [-0.39, 0.29) is 28.6 Å². The maximum absolute atomic E-state index is 12.6. The second-order valence-corrected chi connectivity index (χ2v) is 7.65. The molecule has 0 saturated heterocycles. The van der Waals surface area contributed by atoms with Crippen LogP contribution in [0.5, 0.6) is 11.5 Å². The molecule has 3 aromatic rings. The van der Waals surface area contributed by atoms with Gasteiger partial charge < -0.3 is 14.8 Å². The first-order valence-electron chi connectivity index (χ1n) is 10.0. The fraction of sp³-hybridized carbons (Fsp3) is 0.120. The van der Waals surface area contributed by atoms with Crippen molar-refractivity contribution in [3.05, 3.63) is 98.1 Å². The number of halogens is 1. The lowest BCUT2D eigenvalue weighted by Crippen LogP contribution is -2.13. The number of non-ortho nitro benzene ring substituents is 1. The Morgan fingerprint density at radius 3 is 2.65 bits per heavy atom. The number of hydrogen-bond donors (Lipinski definition) is 1. The van der Waals surface area contributed by atoms with E-state index >= 15 is 0 Å². The lowest BCUT2D eigenvalue weighted by Gasteiger charge is -2.14. The number of aryl methyl sites for hydroxylation is 1. The van der Waals surface area contributed by atoms with E-state index in [1.54, 1.807) is 12.1 Å². The third kappa shape index (κ3) is 6.12. The van der Waals surface area contributed by atoms with Crippen LogP contribution in [0.4, 0.5) is 11.4 Å². The molecule has 0 heterocycles. The highest BCUT2D eigenvalue weighted by molar-refractivity contribution is 6.32. The first kappa shape index (κ1) is 24.3. The van der Waals surface area contributed by atoms with E-state index in [1.165, 1.54) is 37.5 Å². The molecule has 3 aromatic carbocycles. The SMILES string of the molecule is COc1cc(/C=C(\C#N)C(=O)Nc2cccc([N+](=O)[O-])c2)cc(Cl)c1OCc1cccc(C)c1. The normalized spacial score (nSPS) is 10.8. The van der Waals surface area contributed by atoms with Gasteiger partial charge in [-0.1, -0.05) is 47.5 Å². The number of methoxy groups -OCH3 is 1. The molecule has 0 unspecified atom stereocenters. The maximum Gasteiger partial charge on any atom is 0.271 e. The summed E-state index contributed by atoms with van der Waals surface area (Å²) in [5, 5.41) is 23.1. The maximum atomic E-state index is 12.6. The summed E-state index contributed by atoms with van der Waals surface area (Å²) < 4.78 is 11.3. The molecule has 0 aliphatic heterocycles. The zero-order valence-corrected chi connectivity index (χ0v) is 19.1. The van der Waals surface area contributed by atoms with E-state index in [4.69, 9.17) is 21.1 Å². The van der Waals surface area contributed by atoms with Crippen molar-refractivity contribution in [3.8, 4) is 17.6 Å². The number of nitro benzene ring substituents is 1. The summed E-state index contributed by atoms with van der Waals surface area (Å²) in [5.41, 5.74) is 2.29. The summed E-state index contributed by atoms with van der Waals surface area (Å²) in [6.45, 7) is 2.27. The smallest absolute Gasteiger partial charge is 0.271 e. The zero-order valence-electron chi connectivity index (χ0n) is 18.4. The summed E-state index contributed by atoms with van der Waals surface area (Å²) in [5.74, 6) is -0.0528. The lowest BCUT2D eigenvalue weighted by molar-refractivity contribution is -0.384. The molecule has 34 heavy (non-hydrogen) atoms. The monoisotopic (exact) mass is 477 g/mol. The second-order valence-electron chi connectivity index (χ2n) is 7.24. The van der Waals surface area contributed by atoms with Gasteiger partial charge in [0.05, 0.1) is 17.1 Å². The van der Waals surface area contributed by atoms with Gasteiger partial charge in [0.25, 0.3) is 11.6 Å². The van der Waals surface area contributed by atoms with Gasteiger partial charge in [0.15, 0.2) is 11.5 Å². The molecule has 0 spiro atoms. The van der Waals surface area contributed by atoms with Crippen LogP contribution in [0.15, 0.2) is 66.2 Å². The van der Waals surface area contributed by atoms with Crippen molar-refractivity contribution in [2.45, 2.75) is 13.5 Å². The Labute approximate surface area is 201 Å². The quantitative estimate of drug-likeness (QED) is 0.193. The number of hydrogen-bond acceptors (Lipinski definition) is 6. The minimum atomic E-state index is -0.724. The number of nitriles is 1. The van der Waals surface area contributed by atoms with Crippen LogP contribution in [-0.4, -0.2) is 17.9 Å². The van der Waals surface area contributed by atoms with Crippen LogP contribution in [-0.2, 0) is 11.4 Å². The van der Waals surface area contributed by atoms with E-state index in [1.807, 2.05) is 37.3 Å². The molecule has 0 aliphatic carbocycles. The molecule has 1 N–H and O–H groups in total. The molecule has 8 nitrogen and oxygen atoms in total. The number of amides is 1. The number of carbonyl (C=O) groups is 1. The molecule has 0 aromatic heterocycles. The zero-order chi connectivity index (χ0) is 24.7. The molecular weight excluding hydrogens is 458 g/mol. The summed E-state index contributed by atoms with van der Waals surface area (Å²) in [6.07, 6.45) is 1.34. The molecule has 0 aliphatic rings. The number of nitro groups is 1. The Kier molecular flexibility index (Phi) is 7.85. The predicted molar refractivity (Wildman–Crippen MR) is 129 cm³/mol. The number of ether oxygens (including phenoxy) is 2. The van der Waals surface area contributed by atoms with Gasteiger partial charge in [-0.05, 0) is 42.3 Å². The summed E-state index contributed by atoms with van der Waals surface area (Å²) in [6, 6.07) is 18.2. The number of anilines is 1. The van der Waals surface area contributed by atoms with Crippen molar-refractivity contribution in [1.29, 1.82) is 5.26 Å². The van der Waals surface area contributed by atoms with Gasteiger partial charge in [-0.2, -0.15) is 5.26 Å². The predicted octanol–water partition coefficient (Wildman–Crippen LogP) is 5.69. The number of nitrogens with zero attached hydrogens (tertiary/aromatic N) is 2. The Morgan fingerprint density at radius 2 is 1.97 bits per heavy atom. The van der Waals surface area contributed by atoms with Gasteiger partial charge in [0, 0.05) is 17.8 Å². The standard InChI is InChI=1S/C25H20ClN3O5/c1-16-5-3-6-17(9-16)15-34-24-22(26)11-18(12-23(24)33-2)10-19(14-27)25(30)28-20-7-4-8-21(13-20)29(31)32/h3-13H,15H2,1-2H3,(H,28,30)/b19-10+. The van der Waals surface area contributed by atoms with Crippen LogP contribution in [0, 0.1) is 28.4 Å². The van der Waals surface area contributed by atoms with Crippen LogP contribution < -0.4 is 14.8 Å². The second kappa shape index (κ2) is 11.0. The van der Waals surface area contributed by atoms with Crippen LogP contribution in [0.1, 0.15) is 16.7 Å². The first-order chi connectivity index (χ1) is 16.3. The fourth-order valence-electron chi connectivity index (χ4n) is 3.13. The van der Waals surface area contributed by atoms with Gasteiger partial charge in [0.2, 0.25) is 0 Å². The summed E-state index contributed by atoms with van der Waals surface area (Å²) in [7, 11) is 1.46. The van der Waals surface area contributed by atoms with Crippen LogP contribution in [0.25, 0.3) is 6.08 Å². The molecule has 0 bridgehead atoms. The van der Waals surface area contributed by atoms with Gasteiger partial charge in [-0.15, -0.1) is 0 Å². The number of rotatable bonds is 8. The Bertz CT molecular complexity index is 1310. The van der Waals surface area contributed by atoms with Crippen LogP contribution in [0.3, 0.4) is 0 Å². The van der Waals surface area contributed by atoms with E-state index in [2.05, 4.69) is 5.32 Å². The molecule has 0 saturated carbocycles. The summed E-state index contributed by atoms with van der Waals surface area (Å²) >= 11 is 6.41. The molecule has 3 rings (SSSR count). The van der Waals surface area contributed by atoms with Gasteiger partial charge in [0.1, 0.15) is 18.2 Å². The Morgan fingerprint density at radius 1 is 1.21 bits per heavy atom. The first-order valence-corrected chi connectivity index (χ1v) is 10.4. The fourth-order valence-corrected chi connectivity index (χ4v) is 3.41. The topological polar surface area (TPSA) is 114 Å². The highest BCUT2D eigenvalue weighted by Gasteiger charge is 2.15. The highest BCUT2D eigenvalue weighted by Crippen LogP contribution is 2.37. The Balaban J connectivity index is 1.82. The largest absolute Gasteiger partial charge is 0.493 e. The minimum Gasteiger partial charge on any atom is -0.493 e. The van der Waals surface area contributed by atoms with Gasteiger partial charge >= 0.3 is 0 Å². The van der Waals surface area contributed by atoms with E-state index in [0.717, 1.165) is 11.1 Å².